The van der Waals surface area contributed by atoms with E-state index in [0.29, 0.717) is 6.04 Å². The molecule has 2 nitrogen and oxygen atoms in total. The summed E-state index contributed by atoms with van der Waals surface area (Å²) >= 11 is 0. The minimum absolute atomic E-state index is 0.640. The molecule has 0 bridgehead atoms. The Morgan fingerprint density at radius 1 is 1.00 bits per heavy atom. The van der Waals surface area contributed by atoms with E-state index < -0.39 is 0 Å². The number of hydrogen-bond donors (Lipinski definition) is 1. The third-order valence-corrected chi connectivity index (χ3v) is 5.54. The summed E-state index contributed by atoms with van der Waals surface area (Å²) in [4.78, 5) is 2.75. The Morgan fingerprint density at radius 2 is 1.82 bits per heavy atom. The molecule has 22 heavy (non-hydrogen) atoms. The zero-order chi connectivity index (χ0) is 15.4. The van der Waals surface area contributed by atoms with Gasteiger partial charge in [0.15, 0.2) is 0 Å². The molecule has 0 amide bonds. The van der Waals surface area contributed by atoms with Crippen molar-refractivity contribution in [2.45, 2.75) is 63.5 Å². The van der Waals surface area contributed by atoms with Crippen molar-refractivity contribution in [2.24, 2.45) is 0 Å². The molecule has 120 valence electrons. The van der Waals surface area contributed by atoms with E-state index in [1.807, 2.05) is 12.2 Å². The highest BCUT2D eigenvalue weighted by Gasteiger charge is 2.33. The van der Waals surface area contributed by atoms with Crippen molar-refractivity contribution >= 4 is 0 Å². The predicted molar refractivity (Wildman–Crippen MR) is 94.7 cm³/mol. The maximum atomic E-state index is 3.95. The lowest BCUT2D eigenvalue weighted by molar-refractivity contribution is 0.146. The van der Waals surface area contributed by atoms with Crippen LogP contribution in [0.25, 0.3) is 0 Å². The molecule has 2 aliphatic carbocycles. The maximum Gasteiger partial charge on any atom is 0.0413 e. The summed E-state index contributed by atoms with van der Waals surface area (Å²) in [5.74, 6) is 0. The fourth-order valence-corrected chi connectivity index (χ4v) is 4.32. The first-order valence-electron chi connectivity index (χ1n) is 9.01. The first-order chi connectivity index (χ1) is 10.8. The van der Waals surface area contributed by atoms with Crippen LogP contribution in [0, 0.1) is 0 Å². The Morgan fingerprint density at radius 3 is 2.55 bits per heavy atom. The highest BCUT2D eigenvalue weighted by atomic mass is 15.2. The number of nitrogens with one attached hydrogen (secondary N) is 1. The average molecular weight is 298 g/mol. The van der Waals surface area contributed by atoms with Crippen LogP contribution < -0.4 is 5.32 Å². The van der Waals surface area contributed by atoms with Crippen molar-refractivity contribution in [1.82, 2.24) is 10.2 Å². The number of nitrogens with zero attached hydrogens (tertiary/aromatic N) is 1. The molecule has 2 fully saturated rings. The monoisotopic (exact) mass is 298 g/mol. The Balaban J connectivity index is 1.67. The van der Waals surface area contributed by atoms with Crippen LogP contribution >= 0.6 is 0 Å². The Kier molecular flexibility index (Phi) is 5.20. The molecular weight excluding hydrogens is 268 g/mol. The third kappa shape index (κ3) is 3.38. The van der Waals surface area contributed by atoms with Crippen LogP contribution in [-0.2, 0) is 0 Å². The number of likely N-dealkylation sites (tertiary alicyclic amines) is 1. The van der Waals surface area contributed by atoms with Crippen molar-refractivity contribution in [1.29, 1.82) is 0 Å². The Labute approximate surface area is 135 Å². The van der Waals surface area contributed by atoms with Crippen LogP contribution in [0.5, 0.6) is 0 Å². The molecule has 1 aliphatic heterocycles. The number of hydrogen-bond acceptors (Lipinski definition) is 2. The fraction of sp³-hybridized carbons (Fsp3) is 0.600. The average Bonchev–Trinajstić information content (AvgIpc) is 3.03. The molecule has 3 aliphatic rings. The molecule has 2 atom stereocenters. The summed E-state index contributed by atoms with van der Waals surface area (Å²) < 4.78 is 0. The summed E-state index contributed by atoms with van der Waals surface area (Å²) in [6.07, 6.45) is 16.7. The Bertz CT molecular complexity index is 480. The zero-order valence-corrected chi connectivity index (χ0v) is 13.8. The van der Waals surface area contributed by atoms with Gasteiger partial charge in [0.25, 0.3) is 0 Å². The summed E-state index contributed by atoms with van der Waals surface area (Å²) in [6.45, 7) is 10.5. The van der Waals surface area contributed by atoms with Gasteiger partial charge in [-0.3, -0.25) is 4.90 Å². The molecule has 3 rings (SSSR count). The van der Waals surface area contributed by atoms with E-state index >= 15 is 0 Å². The van der Waals surface area contributed by atoms with Crippen LogP contribution in [0.4, 0.5) is 0 Å². The van der Waals surface area contributed by atoms with Crippen molar-refractivity contribution in [3.8, 4) is 0 Å². The predicted octanol–water partition coefficient (Wildman–Crippen LogP) is 4.33. The smallest absolute Gasteiger partial charge is 0.0413 e. The van der Waals surface area contributed by atoms with Gasteiger partial charge in [0.1, 0.15) is 0 Å². The van der Waals surface area contributed by atoms with Gasteiger partial charge < -0.3 is 5.32 Å². The first kappa shape index (κ1) is 15.6. The summed E-state index contributed by atoms with van der Waals surface area (Å²) in [5.41, 5.74) is 3.98. The van der Waals surface area contributed by atoms with Crippen molar-refractivity contribution in [3.05, 3.63) is 48.2 Å². The quantitative estimate of drug-likeness (QED) is 0.812. The largest absolute Gasteiger partial charge is 0.384 e. The van der Waals surface area contributed by atoms with Crippen LogP contribution in [0.15, 0.2) is 48.2 Å². The second kappa shape index (κ2) is 7.32. The molecule has 2 unspecified atom stereocenters. The molecule has 2 heteroatoms. The van der Waals surface area contributed by atoms with Crippen LogP contribution in [0.2, 0.25) is 0 Å². The van der Waals surface area contributed by atoms with Crippen molar-refractivity contribution in [2.75, 3.05) is 13.1 Å². The van der Waals surface area contributed by atoms with Crippen molar-refractivity contribution in [3.63, 3.8) is 0 Å². The van der Waals surface area contributed by atoms with E-state index in [9.17, 15) is 0 Å². The molecule has 0 radical (unpaired) electrons. The molecular formula is C20H30N2. The third-order valence-electron chi connectivity index (χ3n) is 5.54. The van der Waals surface area contributed by atoms with Crippen LogP contribution in [0.3, 0.4) is 0 Å². The molecule has 0 aromatic rings. The van der Waals surface area contributed by atoms with Gasteiger partial charge in [-0.05, 0) is 75.3 Å². The second-order valence-electron chi connectivity index (χ2n) is 6.90. The van der Waals surface area contributed by atoms with Crippen LogP contribution in [-0.4, -0.2) is 30.1 Å². The van der Waals surface area contributed by atoms with Gasteiger partial charge in [-0.15, -0.1) is 0 Å². The molecule has 0 spiro atoms. The topological polar surface area (TPSA) is 15.3 Å². The lowest BCUT2D eigenvalue weighted by Gasteiger charge is -2.37. The highest BCUT2D eigenvalue weighted by molar-refractivity contribution is 5.44. The van der Waals surface area contributed by atoms with E-state index in [4.69, 9.17) is 0 Å². The van der Waals surface area contributed by atoms with Gasteiger partial charge in [0.2, 0.25) is 0 Å². The minimum atomic E-state index is 0.640. The van der Waals surface area contributed by atoms with Gasteiger partial charge in [0.05, 0.1) is 0 Å². The second-order valence-corrected chi connectivity index (χ2v) is 6.90. The summed E-state index contributed by atoms with van der Waals surface area (Å²) in [6, 6.07) is 1.39. The first-order valence-corrected chi connectivity index (χ1v) is 9.01. The minimum Gasteiger partial charge on any atom is -0.384 e. The lowest BCUT2D eigenvalue weighted by Crippen LogP contribution is -2.48. The lowest BCUT2D eigenvalue weighted by atomic mass is 9.94. The van der Waals surface area contributed by atoms with E-state index in [0.717, 1.165) is 18.9 Å². The molecule has 1 N–H and O–H groups in total. The van der Waals surface area contributed by atoms with Crippen molar-refractivity contribution < 1.29 is 0 Å². The van der Waals surface area contributed by atoms with E-state index in [2.05, 4.69) is 29.5 Å². The van der Waals surface area contributed by atoms with Gasteiger partial charge in [-0.1, -0.05) is 31.7 Å². The molecule has 0 aromatic carbocycles. The zero-order valence-electron chi connectivity index (χ0n) is 13.8. The van der Waals surface area contributed by atoms with Gasteiger partial charge in [-0.25, -0.2) is 0 Å². The standard InChI is InChI=1S/C20H30N2/c1-3-16-11-12-18(15-17(16)4-2)21-19-9-8-10-20(19)22-13-6-5-7-14-22/h3-4,15,19-21H,1-2,5-14H2. The normalized spacial score (nSPS) is 30.1. The molecule has 0 aromatic heterocycles. The fourth-order valence-electron chi connectivity index (χ4n) is 4.32. The maximum absolute atomic E-state index is 3.95. The highest BCUT2D eigenvalue weighted by Crippen LogP contribution is 2.30. The summed E-state index contributed by atoms with van der Waals surface area (Å²) in [7, 11) is 0. The van der Waals surface area contributed by atoms with Gasteiger partial charge in [0, 0.05) is 17.8 Å². The molecule has 1 saturated heterocycles. The van der Waals surface area contributed by atoms with E-state index in [1.165, 1.54) is 68.5 Å². The van der Waals surface area contributed by atoms with Crippen LogP contribution in [0.1, 0.15) is 51.4 Å². The Hall–Kier alpha value is -1.28. The molecule has 1 saturated carbocycles. The number of rotatable bonds is 5. The molecule has 1 heterocycles. The van der Waals surface area contributed by atoms with E-state index in [-0.39, 0.29) is 0 Å². The SMILES string of the molecule is C=CC1=C(C=C)CCC(NC2CCCC2N2CCCCC2)=C1. The summed E-state index contributed by atoms with van der Waals surface area (Å²) in [5, 5.41) is 3.88. The van der Waals surface area contributed by atoms with Gasteiger partial charge in [-0.2, -0.15) is 0 Å². The number of allylic oxidation sites excluding steroid dienone is 6. The number of piperidine rings is 1. The van der Waals surface area contributed by atoms with E-state index in [1.54, 1.807) is 0 Å². The van der Waals surface area contributed by atoms with Gasteiger partial charge >= 0.3 is 0 Å².